The number of carbonyl (C=O) groups is 1. The fourth-order valence-electron chi connectivity index (χ4n) is 1.66. The zero-order valence-electron chi connectivity index (χ0n) is 8.75. The Hall–Kier alpha value is -0.570. The van der Waals surface area contributed by atoms with Crippen molar-refractivity contribution in [1.29, 1.82) is 0 Å². The highest BCUT2D eigenvalue weighted by atomic mass is 16.1. The standard InChI is InChI=1S/C8H17N.C2H5NO/c1-7(9)8-5-3-2-4-6-8;1-2(3)4/h7-8H,2-6,9H2,1H3;1H3,(H2,3,4). The van der Waals surface area contributed by atoms with Crippen LogP contribution in [0.2, 0.25) is 0 Å². The van der Waals surface area contributed by atoms with Gasteiger partial charge in [-0.2, -0.15) is 0 Å². The minimum absolute atomic E-state index is 0.333. The van der Waals surface area contributed by atoms with Crippen molar-refractivity contribution in [2.24, 2.45) is 17.4 Å². The van der Waals surface area contributed by atoms with E-state index in [0.29, 0.717) is 6.04 Å². The molecule has 0 saturated heterocycles. The second kappa shape index (κ2) is 6.89. The summed E-state index contributed by atoms with van der Waals surface area (Å²) < 4.78 is 0. The topological polar surface area (TPSA) is 69.1 Å². The molecule has 0 bridgehead atoms. The Labute approximate surface area is 80.9 Å². The number of nitrogens with two attached hydrogens (primary N) is 2. The Morgan fingerprint density at radius 3 is 1.92 bits per heavy atom. The Morgan fingerprint density at radius 1 is 1.31 bits per heavy atom. The predicted molar refractivity (Wildman–Crippen MR) is 55.1 cm³/mol. The zero-order valence-corrected chi connectivity index (χ0v) is 8.75. The summed E-state index contributed by atoms with van der Waals surface area (Å²) in [5.41, 5.74) is 10.2. The van der Waals surface area contributed by atoms with Crippen LogP contribution in [0.4, 0.5) is 0 Å². The molecule has 3 nitrogen and oxygen atoms in total. The summed E-state index contributed by atoms with van der Waals surface area (Å²) in [6.07, 6.45) is 7.00. The first-order valence-electron chi connectivity index (χ1n) is 5.05. The molecule has 3 heteroatoms. The van der Waals surface area contributed by atoms with Gasteiger partial charge in [-0.25, -0.2) is 0 Å². The number of carbonyl (C=O) groups excluding carboxylic acids is 1. The fourth-order valence-corrected chi connectivity index (χ4v) is 1.66. The predicted octanol–water partition coefficient (Wildman–Crippen LogP) is 1.41. The first-order chi connectivity index (χ1) is 6.04. The summed E-state index contributed by atoms with van der Waals surface area (Å²) in [5.74, 6) is 0.499. The molecule has 0 heterocycles. The number of amides is 1. The van der Waals surface area contributed by atoms with Crippen LogP contribution in [0, 0.1) is 5.92 Å². The molecule has 1 amide bonds. The van der Waals surface area contributed by atoms with Crippen LogP contribution >= 0.6 is 0 Å². The van der Waals surface area contributed by atoms with Gasteiger partial charge in [0.2, 0.25) is 5.91 Å². The first kappa shape index (κ1) is 12.4. The van der Waals surface area contributed by atoms with Crippen molar-refractivity contribution >= 4 is 5.91 Å². The molecule has 0 aromatic rings. The van der Waals surface area contributed by atoms with Crippen LogP contribution in [0.15, 0.2) is 0 Å². The van der Waals surface area contributed by atoms with Crippen LogP contribution in [0.3, 0.4) is 0 Å². The van der Waals surface area contributed by atoms with Gasteiger partial charge in [-0.3, -0.25) is 4.79 Å². The summed E-state index contributed by atoms with van der Waals surface area (Å²) in [6.45, 7) is 3.44. The van der Waals surface area contributed by atoms with Crippen molar-refractivity contribution < 1.29 is 4.79 Å². The molecule has 1 saturated carbocycles. The average Bonchev–Trinajstić information content (AvgIpc) is 2.05. The summed E-state index contributed by atoms with van der Waals surface area (Å²) >= 11 is 0. The highest BCUT2D eigenvalue weighted by Gasteiger charge is 2.16. The van der Waals surface area contributed by atoms with Gasteiger partial charge in [0.05, 0.1) is 0 Å². The van der Waals surface area contributed by atoms with E-state index in [-0.39, 0.29) is 5.91 Å². The Morgan fingerprint density at radius 2 is 1.69 bits per heavy atom. The van der Waals surface area contributed by atoms with E-state index in [1.54, 1.807) is 0 Å². The van der Waals surface area contributed by atoms with E-state index in [2.05, 4.69) is 12.7 Å². The van der Waals surface area contributed by atoms with Crippen molar-refractivity contribution in [2.75, 3.05) is 0 Å². The smallest absolute Gasteiger partial charge is 0.214 e. The maximum atomic E-state index is 9.22. The normalized spacial score (nSPS) is 19.9. The molecule has 1 fully saturated rings. The Kier molecular flexibility index (Phi) is 6.59. The van der Waals surface area contributed by atoms with Crippen LogP contribution in [0.1, 0.15) is 46.0 Å². The molecule has 1 aliphatic carbocycles. The lowest BCUT2D eigenvalue weighted by Gasteiger charge is -2.24. The van der Waals surface area contributed by atoms with Gasteiger partial charge in [-0.1, -0.05) is 19.3 Å². The van der Waals surface area contributed by atoms with Crippen molar-refractivity contribution in [3.63, 3.8) is 0 Å². The molecule has 0 radical (unpaired) electrons. The highest BCUT2D eigenvalue weighted by Crippen LogP contribution is 2.25. The molecule has 13 heavy (non-hydrogen) atoms. The van der Waals surface area contributed by atoms with E-state index >= 15 is 0 Å². The maximum absolute atomic E-state index is 9.22. The molecule has 1 unspecified atom stereocenters. The van der Waals surface area contributed by atoms with Crippen molar-refractivity contribution in [3.05, 3.63) is 0 Å². The lowest BCUT2D eigenvalue weighted by atomic mass is 9.85. The van der Waals surface area contributed by atoms with Gasteiger partial charge in [0.1, 0.15) is 0 Å². The SMILES string of the molecule is CC(N)=O.CC(N)C1CCCCC1. The molecule has 1 aliphatic rings. The van der Waals surface area contributed by atoms with Crippen LogP contribution in [-0.2, 0) is 4.79 Å². The molecule has 0 spiro atoms. The Bertz CT molecular complexity index is 136. The van der Waals surface area contributed by atoms with E-state index in [9.17, 15) is 4.79 Å². The minimum Gasteiger partial charge on any atom is -0.370 e. The van der Waals surface area contributed by atoms with Crippen molar-refractivity contribution in [3.8, 4) is 0 Å². The third-order valence-electron chi connectivity index (χ3n) is 2.39. The lowest BCUT2D eigenvalue weighted by molar-refractivity contribution is -0.115. The monoisotopic (exact) mass is 186 g/mol. The quantitative estimate of drug-likeness (QED) is 0.650. The van der Waals surface area contributed by atoms with E-state index in [1.165, 1.54) is 39.0 Å². The lowest BCUT2D eigenvalue weighted by Crippen LogP contribution is -2.27. The van der Waals surface area contributed by atoms with Gasteiger partial charge in [0.25, 0.3) is 0 Å². The van der Waals surface area contributed by atoms with E-state index in [1.807, 2.05) is 0 Å². The Balaban J connectivity index is 0.000000310. The minimum atomic E-state index is -0.333. The first-order valence-corrected chi connectivity index (χ1v) is 5.05. The molecule has 1 rings (SSSR count). The second-order valence-electron chi connectivity index (χ2n) is 3.87. The second-order valence-corrected chi connectivity index (χ2v) is 3.87. The number of hydrogen-bond donors (Lipinski definition) is 2. The fraction of sp³-hybridized carbons (Fsp3) is 0.900. The molecular weight excluding hydrogens is 164 g/mol. The molecular formula is C10H22N2O. The van der Waals surface area contributed by atoms with E-state index < -0.39 is 0 Å². The number of primary amides is 1. The van der Waals surface area contributed by atoms with Crippen LogP contribution in [-0.4, -0.2) is 11.9 Å². The van der Waals surface area contributed by atoms with Crippen LogP contribution < -0.4 is 11.5 Å². The van der Waals surface area contributed by atoms with E-state index in [0.717, 1.165) is 5.92 Å². The average molecular weight is 186 g/mol. The summed E-state index contributed by atoms with van der Waals surface area (Å²) in [6, 6.07) is 0.435. The molecule has 1 atom stereocenters. The third-order valence-corrected chi connectivity index (χ3v) is 2.39. The maximum Gasteiger partial charge on any atom is 0.214 e. The van der Waals surface area contributed by atoms with Crippen molar-refractivity contribution in [1.82, 2.24) is 0 Å². The third kappa shape index (κ3) is 7.78. The number of hydrogen-bond acceptors (Lipinski definition) is 2. The highest BCUT2D eigenvalue weighted by molar-refractivity contribution is 5.70. The molecule has 4 N–H and O–H groups in total. The van der Waals surface area contributed by atoms with Crippen LogP contribution in [0.5, 0.6) is 0 Å². The number of rotatable bonds is 1. The van der Waals surface area contributed by atoms with Crippen molar-refractivity contribution in [2.45, 2.75) is 52.0 Å². The van der Waals surface area contributed by atoms with Crippen LogP contribution in [0.25, 0.3) is 0 Å². The van der Waals surface area contributed by atoms with Gasteiger partial charge in [-0.05, 0) is 25.7 Å². The zero-order chi connectivity index (χ0) is 10.3. The summed E-state index contributed by atoms with van der Waals surface area (Å²) in [4.78, 5) is 9.22. The van der Waals surface area contributed by atoms with Gasteiger partial charge in [0.15, 0.2) is 0 Å². The van der Waals surface area contributed by atoms with Gasteiger partial charge >= 0.3 is 0 Å². The van der Waals surface area contributed by atoms with Gasteiger partial charge < -0.3 is 11.5 Å². The summed E-state index contributed by atoms with van der Waals surface area (Å²) in [7, 11) is 0. The summed E-state index contributed by atoms with van der Waals surface area (Å²) in [5, 5.41) is 0. The largest absolute Gasteiger partial charge is 0.370 e. The molecule has 78 valence electrons. The van der Waals surface area contributed by atoms with E-state index in [4.69, 9.17) is 5.73 Å². The van der Waals surface area contributed by atoms with Gasteiger partial charge in [-0.15, -0.1) is 0 Å². The molecule has 0 aliphatic heterocycles. The molecule has 0 aromatic heterocycles. The van der Waals surface area contributed by atoms with Gasteiger partial charge in [0, 0.05) is 13.0 Å². The molecule has 0 aromatic carbocycles.